The number of morpholine rings is 1. The summed E-state index contributed by atoms with van der Waals surface area (Å²) in [6.07, 6.45) is 5.96. The van der Waals surface area contributed by atoms with Crippen LogP contribution in [0.15, 0.2) is 18.6 Å². The highest BCUT2D eigenvalue weighted by molar-refractivity contribution is 5.67. The maximum atomic E-state index is 5.59. The molecule has 102 valence electrons. The summed E-state index contributed by atoms with van der Waals surface area (Å²) >= 11 is 0. The fourth-order valence-corrected chi connectivity index (χ4v) is 2.40. The topological polar surface area (TPSA) is 54.7 Å². The molecular weight excluding hydrogens is 242 g/mol. The first-order valence-corrected chi connectivity index (χ1v) is 6.72. The van der Waals surface area contributed by atoms with E-state index in [2.05, 4.69) is 29.0 Å². The third kappa shape index (κ3) is 2.35. The molecule has 1 fully saturated rings. The number of rotatable bonds is 3. The number of hydrogen-bond acceptors (Lipinski definition) is 5. The van der Waals surface area contributed by atoms with Crippen molar-refractivity contribution in [2.45, 2.75) is 20.0 Å². The molecule has 6 nitrogen and oxygen atoms in total. The maximum Gasteiger partial charge on any atom is 0.180 e. The van der Waals surface area contributed by atoms with Gasteiger partial charge in [-0.1, -0.05) is 0 Å². The minimum absolute atomic E-state index is 0.230. The Kier molecular flexibility index (Phi) is 3.25. The van der Waals surface area contributed by atoms with E-state index >= 15 is 0 Å². The van der Waals surface area contributed by atoms with Crippen molar-refractivity contribution in [2.75, 3.05) is 36.5 Å². The summed E-state index contributed by atoms with van der Waals surface area (Å²) in [6.45, 7) is 7.45. The number of aromatic nitrogens is 3. The van der Waals surface area contributed by atoms with Crippen LogP contribution < -0.4 is 10.2 Å². The van der Waals surface area contributed by atoms with Gasteiger partial charge in [0.05, 0.1) is 18.9 Å². The van der Waals surface area contributed by atoms with E-state index in [4.69, 9.17) is 9.72 Å². The second-order valence-electron chi connectivity index (χ2n) is 4.77. The number of anilines is 2. The predicted molar refractivity (Wildman–Crippen MR) is 74.8 cm³/mol. The molecule has 0 aliphatic carbocycles. The first kappa shape index (κ1) is 12.2. The van der Waals surface area contributed by atoms with Crippen LogP contribution in [0, 0.1) is 0 Å². The molecule has 6 heteroatoms. The van der Waals surface area contributed by atoms with Gasteiger partial charge in [-0.05, 0) is 13.8 Å². The van der Waals surface area contributed by atoms with Crippen molar-refractivity contribution in [3.8, 4) is 0 Å². The summed E-state index contributed by atoms with van der Waals surface area (Å²) in [5, 5.41) is 3.26. The number of nitrogens with zero attached hydrogens (tertiary/aromatic N) is 4. The van der Waals surface area contributed by atoms with Gasteiger partial charge in [-0.15, -0.1) is 0 Å². The summed E-state index contributed by atoms with van der Waals surface area (Å²) in [7, 11) is 0. The first-order valence-electron chi connectivity index (χ1n) is 6.72. The second kappa shape index (κ2) is 5.05. The van der Waals surface area contributed by atoms with Gasteiger partial charge in [0, 0.05) is 32.0 Å². The van der Waals surface area contributed by atoms with Gasteiger partial charge in [0.25, 0.3) is 0 Å². The Morgan fingerprint density at radius 3 is 3.21 bits per heavy atom. The Balaban J connectivity index is 2.02. The summed E-state index contributed by atoms with van der Waals surface area (Å²) in [4.78, 5) is 11.4. The summed E-state index contributed by atoms with van der Waals surface area (Å²) < 4.78 is 7.60. The number of hydrogen-bond donors (Lipinski definition) is 1. The standard InChI is InChI=1S/C13H19N5O/c1-3-14-11-9-17-5-4-15-12(17)13(16-11)18-6-7-19-10(2)8-18/h4-5,9-10,14H,3,6-8H2,1-2H3. The van der Waals surface area contributed by atoms with Crippen LogP contribution in [0.1, 0.15) is 13.8 Å². The first-order chi connectivity index (χ1) is 9.28. The van der Waals surface area contributed by atoms with E-state index in [1.54, 1.807) is 6.20 Å². The highest BCUT2D eigenvalue weighted by atomic mass is 16.5. The Labute approximate surface area is 112 Å². The van der Waals surface area contributed by atoms with Gasteiger partial charge in [0.1, 0.15) is 5.82 Å². The molecule has 1 atom stereocenters. The molecule has 2 aromatic rings. The van der Waals surface area contributed by atoms with Gasteiger partial charge < -0.3 is 19.4 Å². The molecule has 3 rings (SSSR count). The highest BCUT2D eigenvalue weighted by Gasteiger charge is 2.21. The average Bonchev–Trinajstić information content (AvgIpc) is 2.86. The summed E-state index contributed by atoms with van der Waals surface area (Å²) in [5.41, 5.74) is 0.899. The highest BCUT2D eigenvalue weighted by Crippen LogP contribution is 2.22. The van der Waals surface area contributed by atoms with E-state index in [1.807, 2.05) is 16.8 Å². The van der Waals surface area contributed by atoms with Gasteiger partial charge >= 0.3 is 0 Å². The van der Waals surface area contributed by atoms with Crippen LogP contribution in [0.2, 0.25) is 0 Å². The molecule has 2 aromatic heterocycles. The van der Waals surface area contributed by atoms with Crippen LogP contribution in [0.5, 0.6) is 0 Å². The Bertz CT molecular complexity index is 567. The van der Waals surface area contributed by atoms with Crippen LogP contribution >= 0.6 is 0 Å². The molecule has 3 heterocycles. The zero-order valence-electron chi connectivity index (χ0n) is 11.3. The van der Waals surface area contributed by atoms with Gasteiger partial charge in [-0.2, -0.15) is 0 Å². The quantitative estimate of drug-likeness (QED) is 0.904. The lowest BCUT2D eigenvalue weighted by molar-refractivity contribution is 0.0530. The average molecular weight is 261 g/mol. The lowest BCUT2D eigenvalue weighted by Crippen LogP contribution is -2.41. The van der Waals surface area contributed by atoms with Gasteiger partial charge in [0.15, 0.2) is 11.5 Å². The summed E-state index contributed by atoms with van der Waals surface area (Å²) in [5.74, 6) is 1.81. The molecule has 19 heavy (non-hydrogen) atoms. The SMILES string of the molecule is CCNc1cn2ccnc2c(N2CCOC(C)C2)n1. The Hall–Kier alpha value is -1.82. The zero-order valence-corrected chi connectivity index (χ0v) is 11.3. The Morgan fingerprint density at radius 1 is 1.53 bits per heavy atom. The molecule has 1 N–H and O–H groups in total. The van der Waals surface area contributed by atoms with Crippen LogP contribution in [0.3, 0.4) is 0 Å². The molecule has 0 radical (unpaired) electrons. The van der Waals surface area contributed by atoms with Crippen molar-refractivity contribution in [1.82, 2.24) is 14.4 Å². The van der Waals surface area contributed by atoms with E-state index in [-0.39, 0.29) is 6.10 Å². The molecule has 0 spiro atoms. The molecule has 0 aromatic carbocycles. The lowest BCUT2D eigenvalue weighted by atomic mass is 10.3. The van der Waals surface area contributed by atoms with Crippen molar-refractivity contribution in [2.24, 2.45) is 0 Å². The van der Waals surface area contributed by atoms with Gasteiger partial charge in [-0.3, -0.25) is 0 Å². The molecule has 0 saturated carbocycles. The van der Waals surface area contributed by atoms with Crippen molar-refractivity contribution in [3.63, 3.8) is 0 Å². The second-order valence-corrected chi connectivity index (χ2v) is 4.77. The van der Waals surface area contributed by atoms with Crippen molar-refractivity contribution < 1.29 is 4.74 Å². The molecule has 1 aliphatic rings. The summed E-state index contributed by atoms with van der Waals surface area (Å²) in [6, 6.07) is 0. The number of nitrogens with one attached hydrogen (secondary N) is 1. The smallest absolute Gasteiger partial charge is 0.180 e. The van der Waals surface area contributed by atoms with E-state index in [1.165, 1.54) is 0 Å². The van der Waals surface area contributed by atoms with E-state index < -0.39 is 0 Å². The monoisotopic (exact) mass is 261 g/mol. The van der Waals surface area contributed by atoms with Crippen molar-refractivity contribution >= 4 is 17.3 Å². The van der Waals surface area contributed by atoms with Gasteiger partial charge in [0.2, 0.25) is 0 Å². The van der Waals surface area contributed by atoms with Crippen molar-refractivity contribution in [1.29, 1.82) is 0 Å². The number of fused-ring (bicyclic) bond motifs is 1. The van der Waals surface area contributed by atoms with Crippen LogP contribution in [-0.2, 0) is 4.74 Å². The maximum absolute atomic E-state index is 5.59. The van der Waals surface area contributed by atoms with Gasteiger partial charge in [-0.25, -0.2) is 9.97 Å². The fraction of sp³-hybridized carbons (Fsp3) is 0.538. The minimum Gasteiger partial charge on any atom is -0.375 e. The molecule has 1 saturated heterocycles. The minimum atomic E-state index is 0.230. The number of ether oxygens (including phenoxy) is 1. The van der Waals surface area contributed by atoms with Crippen LogP contribution in [-0.4, -0.2) is 46.7 Å². The lowest BCUT2D eigenvalue weighted by Gasteiger charge is -2.32. The zero-order chi connectivity index (χ0) is 13.2. The molecular formula is C13H19N5O. The van der Waals surface area contributed by atoms with E-state index in [0.717, 1.165) is 43.5 Å². The van der Waals surface area contributed by atoms with E-state index in [9.17, 15) is 0 Å². The normalized spacial score (nSPS) is 19.9. The molecule has 0 amide bonds. The van der Waals surface area contributed by atoms with E-state index in [0.29, 0.717) is 0 Å². The van der Waals surface area contributed by atoms with Crippen molar-refractivity contribution in [3.05, 3.63) is 18.6 Å². The Morgan fingerprint density at radius 2 is 2.42 bits per heavy atom. The molecule has 0 bridgehead atoms. The van der Waals surface area contributed by atoms with Crippen LogP contribution in [0.25, 0.3) is 5.65 Å². The third-order valence-electron chi connectivity index (χ3n) is 3.25. The predicted octanol–water partition coefficient (Wildman–Crippen LogP) is 1.39. The van der Waals surface area contributed by atoms with Crippen LogP contribution in [0.4, 0.5) is 11.6 Å². The molecule has 1 aliphatic heterocycles. The number of imidazole rings is 1. The third-order valence-corrected chi connectivity index (χ3v) is 3.25. The largest absolute Gasteiger partial charge is 0.375 e. The fourth-order valence-electron chi connectivity index (χ4n) is 2.40. The molecule has 1 unspecified atom stereocenters.